The van der Waals surface area contributed by atoms with Gasteiger partial charge in [0.15, 0.2) is 0 Å². The molecule has 1 aromatic heterocycles. The van der Waals surface area contributed by atoms with Gasteiger partial charge < -0.3 is 9.84 Å². The summed E-state index contributed by atoms with van der Waals surface area (Å²) in [7, 11) is 0. The highest BCUT2D eigenvalue weighted by molar-refractivity contribution is 7.09. The number of aromatic nitrogens is 1. The van der Waals surface area contributed by atoms with E-state index in [1.807, 2.05) is 42.9 Å². The van der Waals surface area contributed by atoms with Gasteiger partial charge in [0.25, 0.3) is 0 Å². The molecule has 0 saturated carbocycles. The fourth-order valence-corrected chi connectivity index (χ4v) is 3.57. The Hall–Kier alpha value is -2.21. The van der Waals surface area contributed by atoms with Crippen molar-refractivity contribution in [2.24, 2.45) is 0 Å². The molecule has 142 valence electrons. The summed E-state index contributed by atoms with van der Waals surface area (Å²) in [5, 5.41) is 10.5. The molecule has 4 nitrogen and oxygen atoms in total. The fourth-order valence-electron chi connectivity index (χ4n) is 2.93. The van der Waals surface area contributed by atoms with Crippen LogP contribution < -0.4 is 4.74 Å². The second-order valence-corrected chi connectivity index (χ2v) is 7.81. The topological polar surface area (TPSA) is 45.6 Å². The van der Waals surface area contributed by atoms with Gasteiger partial charge in [-0.2, -0.15) is 0 Å². The Bertz CT molecular complexity index is 819. The van der Waals surface area contributed by atoms with E-state index >= 15 is 0 Å². The van der Waals surface area contributed by atoms with Gasteiger partial charge in [0.1, 0.15) is 18.5 Å². The van der Waals surface area contributed by atoms with Gasteiger partial charge >= 0.3 is 0 Å². The lowest BCUT2D eigenvalue weighted by molar-refractivity contribution is 0.0631. The summed E-state index contributed by atoms with van der Waals surface area (Å²) in [6, 6.07) is 16.3. The first-order chi connectivity index (χ1) is 13.1. The minimum Gasteiger partial charge on any atom is -0.491 e. The van der Waals surface area contributed by atoms with Crippen LogP contribution in [0.1, 0.15) is 21.6 Å². The van der Waals surface area contributed by atoms with Gasteiger partial charge in [0.05, 0.1) is 5.51 Å². The van der Waals surface area contributed by atoms with Crippen molar-refractivity contribution in [3.63, 3.8) is 0 Å². The molecule has 27 heavy (non-hydrogen) atoms. The summed E-state index contributed by atoms with van der Waals surface area (Å²) < 4.78 is 5.75. The van der Waals surface area contributed by atoms with Crippen LogP contribution in [0.15, 0.2) is 60.2 Å². The zero-order chi connectivity index (χ0) is 19.1. The van der Waals surface area contributed by atoms with Crippen molar-refractivity contribution in [1.82, 2.24) is 9.88 Å². The Labute approximate surface area is 165 Å². The predicted molar refractivity (Wildman–Crippen MR) is 110 cm³/mol. The average Bonchev–Trinajstić information content (AvgIpc) is 3.16. The summed E-state index contributed by atoms with van der Waals surface area (Å²) in [6.07, 6.45) is 1.33. The molecule has 0 spiro atoms. The Morgan fingerprint density at radius 3 is 2.56 bits per heavy atom. The van der Waals surface area contributed by atoms with Gasteiger partial charge in [-0.1, -0.05) is 42.0 Å². The smallest absolute Gasteiger partial charge is 0.119 e. The molecule has 1 heterocycles. The number of aryl methyl sites for hydroxylation is 2. The van der Waals surface area contributed by atoms with E-state index in [2.05, 4.69) is 41.1 Å². The molecule has 0 fully saturated rings. The van der Waals surface area contributed by atoms with Crippen LogP contribution in [0.4, 0.5) is 0 Å². The van der Waals surface area contributed by atoms with Crippen LogP contribution in [0.3, 0.4) is 0 Å². The highest BCUT2D eigenvalue weighted by Gasteiger charge is 2.15. The normalized spacial score (nSPS) is 12.3. The molecule has 0 bridgehead atoms. The number of aliphatic hydroxyl groups excluding tert-OH is 1. The molecule has 1 atom stereocenters. The van der Waals surface area contributed by atoms with Crippen LogP contribution >= 0.6 is 11.3 Å². The molecular weight excluding hydrogens is 356 g/mol. The van der Waals surface area contributed by atoms with E-state index in [0.29, 0.717) is 6.54 Å². The van der Waals surface area contributed by atoms with Crippen LogP contribution in [0.25, 0.3) is 0 Å². The fraction of sp³-hybridized carbons (Fsp3) is 0.318. The molecular formula is C22H26N2O2S. The van der Waals surface area contributed by atoms with Crippen molar-refractivity contribution < 1.29 is 9.84 Å². The van der Waals surface area contributed by atoms with Crippen molar-refractivity contribution in [3.8, 4) is 5.75 Å². The zero-order valence-electron chi connectivity index (χ0n) is 15.8. The first-order valence-electron chi connectivity index (χ1n) is 9.12. The summed E-state index contributed by atoms with van der Waals surface area (Å²) in [5.74, 6) is 0.785. The number of hydrogen-bond donors (Lipinski definition) is 1. The molecule has 0 radical (unpaired) electrons. The number of hydrogen-bond acceptors (Lipinski definition) is 5. The maximum Gasteiger partial charge on any atom is 0.119 e. The van der Waals surface area contributed by atoms with E-state index < -0.39 is 6.10 Å². The summed E-state index contributed by atoms with van der Waals surface area (Å²) >= 11 is 1.64. The van der Waals surface area contributed by atoms with E-state index in [1.165, 1.54) is 21.6 Å². The van der Waals surface area contributed by atoms with E-state index in [0.717, 1.165) is 18.8 Å². The second-order valence-electron chi connectivity index (χ2n) is 6.84. The molecule has 0 amide bonds. The summed E-state index contributed by atoms with van der Waals surface area (Å²) in [5.41, 5.74) is 5.57. The van der Waals surface area contributed by atoms with E-state index in [4.69, 9.17) is 4.74 Å². The van der Waals surface area contributed by atoms with Gasteiger partial charge in [-0.05, 0) is 37.1 Å². The molecule has 1 N–H and O–H groups in total. The van der Waals surface area contributed by atoms with Crippen LogP contribution in [0.2, 0.25) is 0 Å². The van der Waals surface area contributed by atoms with Gasteiger partial charge in [0.2, 0.25) is 0 Å². The van der Waals surface area contributed by atoms with Crippen molar-refractivity contribution >= 4 is 11.3 Å². The summed E-state index contributed by atoms with van der Waals surface area (Å²) in [6.45, 7) is 6.53. The molecule has 0 saturated heterocycles. The van der Waals surface area contributed by atoms with Crippen molar-refractivity contribution in [2.75, 3.05) is 13.2 Å². The van der Waals surface area contributed by atoms with Crippen molar-refractivity contribution in [1.29, 1.82) is 0 Å². The maximum absolute atomic E-state index is 10.5. The largest absolute Gasteiger partial charge is 0.491 e. The van der Waals surface area contributed by atoms with Crippen LogP contribution in [-0.4, -0.2) is 34.2 Å². The quantitative estimate of drug-likeness (QED) is 0.602. The lowest BCUT2D eigenvalue weighted by Gasteiger charge is -2.25. The van der Waals surface area contributed by atoms with Crippen molar-refractivity contribution in [3.05, 3.63) is 81.8 Å². The third kappa shape index (κ3) is 6.17. The predicted octanol–water partition coefficient (Wildman–Crippen LogP) is 4.20. The molecule has 1 unspecified atom stereocenters. The van der Waals surface area contributed by atoms with Gasteiger partial charge in [-0.3, -0.25) is 9.88 Å². The lowest BCUT2D eigenvalue weighted by atomic mass is 10.1. The molecule has 3 aromatic rings. The highest BCUT2D eigenvalue weighted by Crippen LogP contribution is 2.17. The Kier molecular flexibility index (Phi) is 6.98. The molecule has 0 aliphatic rings. The van der Waals surface area contributed by atoms with Gasteiger partial charge in [-0.15, -0.1) is 11.3 Å². The van der Waals surface area contributed by atoms with E-state index in [1.54, 1.807) is 11.3 Å². The third-order valence-corrected chi connectivity index (χ3v) is 5.21. The number of aliphatic hydroxyl groups is 1. The first-order valence-corrected chi connectivity index (χ1v) is 10.00. The zero-order valence-corrected chi connectivity index (χ0v) is 16.7. The van der Waals surface area contributed by atoms with E-state index in [-0.39, 0.29) is 6.61 Å². The number of ether oxygens (including phenoxy) is 1. The molecule has 0 aliphatic carbocycles. The molecule has 0 aliphatic heterocycles. The SMILES string of the molecule is Cc1ccc(OCC(O)CN(Cc2cncs2)Cc2ccccc2C)cc1. The second kappa shape index (κ2) is 9.65. The Morgan fingerprint density at radius 2 is 1.85 bits per heavy atom. The molecule has 3 rings (SSSR count). The Morgan fingerprint density at radius 1 is 1.07 bits per heavy atom. The molecule has 5 heteroatoms. The van der Waals surface area contributed by atoms with Crippen molar-refractivity contribution in [2.45, 2.75) is 33.0 Å². The first kappa shape index (κ1) is 19.5. The average molecular weight is 383 g/mol. The van der Waals surface area contributed by atoms with E-state index in [9.17, 15) is 5.11 Å². The Balaban J connectivity index is 1.61. The van der Waals surface area contributed by atoms with Gasteiger partial charge in [-0.25, -0.2) is 0 Å². The van der Waals surface area contributed by atoms with Gasteiger partial charge in [0, 0.05) is 30.7 Å². The van der Waals surface area contributed by atoms with Crippen LogP contribution in [0.5, 0.6) is 5.75 Å². The third-order valence-electron chi connectivity index (χ3n) is 4.45. The minimum absolute atomic E-state index is 0.274. The minimum atomic E-state index is -0.566. The number of benzene rings is 2. The number of thiazole rings is 1. The standard InChI is InChI=1S/C22H26N2O2S/c1-17-7-9-21(10-8-17)26-15-20(25)13-24(14-22-11-23-16-27-22)12-19-6-4-3-5-18(19)2/h3-11,16,20,25H,12-15H2,1-2H3. The summed E-state index contributed by atoms with van der Waals surface area (Å²) in [4.78, 5) is 7.61. The lowest BCUT2D eigenvalue weighted by Crippen LogP contribution is -2.35. The maximum atomic E-state index is 10.5. The number of nitrogens with zero attached hydrogens (tertiary/aromatic N) is 2. The molecule has 2 aromatic carbocycles. The van der Waals surface area contributed by atoms with Crippen LogP contribution in [-0.2, 0) is 13.1 Å². The highest BCUT2D eigenvalue weighted by atomic mass is 32.1. The van der Waals surface area contributed by atoms with Crippen LogP contribution in [0, 0.1) is 13.8 Å². The monoisotopic (exact) mass is 382 g/mol. The number of rotatable bonds is 9.